The van der Waals surface area contributed by atoms with Crippen LogP contribution in [0, 0.1) is 0 Å². The van der Waals surface area contributed by atoms with Gasteiger partial charge in [-0.1, -0.05) is 37.8 Å². The van der Waals surface area contributed by atoms with Crippen LogP contribution in [0.1, 0.15) is 66.2 Å². The van der Waals surface area contributed by atoms with Crippen molar-refractivity contribution in [2.45, 2.75) is 66.2 Å². The van der Waals surface area contributed by atoms with Crippen molar-refractivity contribution >= 4 is 0 Å². The zero-order valence-electron chi connectivity index (χ0n) is 9.24. The molecule has 0 amide bonds. The Bertz CT molecular complexity index is 117. The van der Waals surface area contributed by atoms with Gasteiger partial charge in [-0.25, -0.2) is 0 Å². The SMILES string of the molecule is CC.CC(C)=C1CCCCCC1. The Hall–Kier alpha value is -0.260. The molecule has 1 fully saturated rings. The van der Waals surface area contributed by atoms with Crippen molar-refractivity contribution in [3.63, 3.8) is 0 Å². The molecule has 0 aromatic heterocycles. The number of hydrogen-bond acceptors (Lipinski definition) is 0. The Morgan fingerprint density at radius 1 is 0.833 bits per heavy atom. The van der Waals surface area contributed by atoms with Crippen LogP contribution in [-0.4, -0.2) is 0 Å². The van der Waals surface area contributed by atoms with E-state index in [0.717, 1.165) is 0 Å². The van der Waals surface area contributed by atoms with Crippen molar-refractivity contribution in [2.75, 3.05) is 0 Å². The van der Waals surface area contributed by atoms with Gasteiger partial charge in [0.15, 0.2) is 0 Å². The lowest BCUT2D eigenvalue weighted by atomic mass is 10.0. The molecule has 0 radical (unpaired) electrons. The van der Waals surface area contributed by atoms with Crippen LogP contribution in [0.2, 0.25) is 0 Å². The molecule has 0 bridgehead atoms. The second kappa shape index (κ2) is 7.39. The number of hydrogen-bond donors (Lipinski definition) is 0. The maximum Gasteiger partial charge on any atom is -0.0318 e. The van der Waals surface area contributed by atoms with E-state index in [1.54, 1.807) is 11.1 Å². The topological polar surface area (TPSA) is 0 Å². The summed E-state index contributed by atoms with van der Waals surface area (Å²) in [4.78, 5) is 0. The van der Waals surface area contributed by atoms with Gasteiger partial charge in [0.2, 0.25) is 0 Å². The molecule has 0 heterocycles. The molecule has 0 aromatic rings. The smallest absolute Gasteiger partial charge is 0.0318 e. The standard InChI is InChI=1S/C10H18.C2H6/c1-9(2)10-7-5-3-4-6-8-10;1-2/h3-8H2,1-2H3;1-2H3. The van der Waals surface area contributed by atoms with Gasteiger partial charge in [-0.05, 0) is 39.5 Å². The van der Waals surface area contributed by atoms with Gasteiger partial charge < -0.3 is 0 Å². The lowest BCUT2D eigenvalue weighted by Gasteiger charge is -2.03. The van der Waals surface area contributed by atoms with E-state index in [0.29, 0.717) is 0 Å². The van der Waals surface area contributed by atoms with Crippen LogP contribution in [-0.2, 0) is 0 Å². The van der Waals surface area contributed by atoms with Gasteiger partial charge in [0.05, 0.1) is 0 Å². The maximum atomic E-state index is 2.25. The molecule has 1 saturated carbocycles. The van der Waals surface area contributed by atoms with Crippen molar-refractivity contribution in [3.05, 3.63) is 11.1 Å². The van der Waals surface area contributed by atoms with Gasteiger partial charge >= 0.3 is 0 Å². The second-order valence-corrected chi connectivity index (χ2v) is 3.52. The zero-order chi connectivity index (χ0) is 9.40. The molecule has 0 N–H and O–H groups in total. The average molecular weight is 168 g/mol. The summed E-state index contributed by atoms with van der Waals surface area (Å²) in [5.74, 6) is 0. The Morgan fingerprint density at radius 2 is 1.25 bits per heavy atom. The predicted molar refractivity (Wildman–Crippen MR) is 57.4 cm³/mol. The second-order valence-electron chi connectivity index (χ2n) is 3.52. The van der Waals surface area contributed by atoms with E-state index in [9.17, 15) is 0 Å². The van der Waals surface area contributed by atoms with Gasteiger partial charge in [0.25, 0.3) is 0 Å². The molecule has 0 atom stereocenters. The molecule has 0 spiro atoms. The lowest BCUT2D eigenvalue weighted by molar-refractivity contribution is 0.702. The molecule has 1 aliphatic carbocycles. The average Bonchev–Trinajstić information content (AvgIpc) is 2.35. The fraction of sp³-hybridized carbons (Fsp3) is 0.833. The first-order chi connectivity index (χ1) is 5.80. The summed E-state index contributed by atoms with van der Waals surface area (Å²) < 4.78 is 0. The summed E-state index contributed by atoms with van der Waals surface area (Å²) in [6, 6.07) is 0. The van der Waals surface area contributed by atoms with Crippen LogP contribution in [0.25, 0.3) is 0 Å². The minimum absolute atomic E-state index is 1.38. The third kappa shape index (κ3) is 4.58. The summed E-state index contributed by atoms with van der Waals surface area (Å²) in [6.45, 7) is 8.50. The molecule has 1 rings (SSSR count). The van der Waals surface area contributed by atoms with Crippen LogP contribution < -0.4 is 0 Å². The first-order valence-corrected chi connectivity index (χ1v) is 5.46. The molecule has 0 aliphatic heterocycles. The van der Waals surface area contributed by atoms with Gasteiger partial charge in [0.1, 0.15) is 0 Å². The summed E-state index contributed by atoms with van der Waals surface area (Å²) in [7, 11) is 0. The predicted octanol–water partition coefficient (Wildman–Crippen LogP) is 4.70. The fourth-order valence-electron chi connectivity index (χ4n) is 1.66. The maximum absolute atomic E-state index is 2.25. The Labute approximate surface area is 78.1 Å². The van der Waals surface area contributed by atoms with Crippen molar-refractivity contribution in [1.29, 1.82) is 0 Å². The third-order valence-electron chi connectivity index (χ3n) is 2.41. The normalized spacial score (nSPS) is 17.5. The molecule has 12 heavy (non-hydrogen) atoms. The Morgan fingerprint density at radius 3 is 1.58 bits per heavy atom. The van der Waals surface area contributed by atoms with Crippen LogP contribution >= 0.6 is 0 Å². The van der Waals surface area contributed by atoms with E-state index in [2.05, 4.69) is 13.8 Å². The summed E-state index contributed by atoms with van der Waals surface area (Å²) in [5.41, 5.74) is 3.31. The molecule has 1 aliphatic rings. The van der Waals surface area contributed by atoms with E-state index in [4.69, 9.17) is 0 Å². The lowest BCUT2D eigenvalue weighted by Crippen LogP contribution is -1.83. The van der Waals surface area contributed by atoms with E-state index in [1.165, 1.54) is 38.5 Å². The van der Waals surface area contributed by atoms with Crippen LogP contribution in [0.15, 0.2) is 11.1 Å². The first kappa shape index (κ1) is 11.7. The highest BCUT2D eigenvalue weighted by Gasteiger charge is 2.04. The third-order valence-corrected chi connectivity index (χ3v) is 2.41. The number of allylic oxidation sites excluding steroid dienone is 2. The van der Waals surface area contributed by atoms with Crippen molar-refractivity contribution in [1.82, 2.24) is 0 Å². The molecule has 0 aromatic carbocycles. The highest BCUT2D eigenvalue weighted by molar-refractivity contribution is 5.10. The van der Waals surface area contributed by atoms with Crippen molar-refractivity contribution < 1.29 is 0 Å². The van der Waals surface area contributed by atoms with Gasteiger partial charge in [-0.15, -0.1) is 0 Å². The largest absolute Gasteiger partial charge is 0.0772 e. The Balaban J connectivity index is 0.000000561. The number of rotatable bonds is 0. The molecule has 0 saturated heterocycles. The molecule has 0 unspecified atom stereocenters. The molecular weight excluding hydrogens is 144 g/mol. The summed E-state index contributed by atoms with van der Waals surface area (Å²) in [6.07, 6.45) is 8.53. The molecular formula is C12H24. The summed E-state index contributed by atoms with van der Waals surface area (Å²) >= 11 is 0. The van der Waals surface area contributed by atoms with Crippen LogP contribution in [0.4, 0.5) is 0 Å². The van der Waals surface area contributed by atoms with Crippen LogP contribution in [0.5, 0.6) is 0 Å². The molecule has 0 nitrogen and oxygen atoms in total. The monoisotopic (exact) mass is 168 g/mol. The molecule has 72 valence electrons. The minimum Gasteiger partial charge on any atom is -0.0772 e. The van der Waals surface area contributed by atoms with Gasteiger partial charge in [-0.2, -0.15) is 0 Å². The van der Waals surface area contributed by atoms with Gasteiger partial charge in [0, 0.05) is 0 Å². The fourth-order valence-corrected chi connectivity index (χ4v) is 1.66. The Kier molecular flexibility index (Phi) is 7.23. The molecule has 0 heteroatoms. The van der Waals surface area contributed by atoms with E-state index >= 15 is 0 Å². The summed E-state index contributed by atoms with van der Waals surface area (Å²) in [5, 5.41) is 0. The van der Waals surface area contributed by atoms with Crippen molar-refractivity contribution in [3.8, 4) is 0 Å². The highest BCUT2D eigenvalue weighted by Crippen LogP contribution is 2.24. The van der Waals surface area contributed by atoms with E-state index < -0.39 is 0 Å². The van der Waals surface area contributed by atoms with Gasteiger partial charge in [-0.3, -0.25) is 0 Å². The van der Waals surface area contributed by atoms with E-state index in [-0.39, 0.29) is 0 Å². The van der Waals surface area contributed by atoms with Crippen molar-refractivity contribution in [2.24, 2.45) is 0 Å². The van der Waals surface area contributed by atoms with E-state index in [1.807, 2.05) is 13.8 Å². The minimum atomic E-state index is 1.38. The quantitative estimate of drug-likeness (QED) is 0.363. The highest BCUT2D eigenvalue weighted by atomic mass is 14.1. The zero-order valence-corrected chi connectivity index (χ0v) is 9.24. The van der Waals surface area contributed by atoms with Crippen LogP contribution in [0.3, 0.4) is 0 Å². The first-order valence-electron chi connectivity index (χ1n) is 5.46.